The van der Waals surface area contributed by atoms with Crippen LogP contribution in [-0.4, -0.2) is 29.3 Å². The summed E-state index contributed by atoms with van der Waals surface area (Å²) in [5.41, 5.74) is 1.34. The lowest BCUT2D eigenvalue weighted by molar-refractivity contribution is -0.253. The average Bonchev–Trinajstić information content (AvgIpc) is 2.67. The van der Waals surface area contributed by atoms with E-state index >= 15 is 0 Å². The van der Waals surface area contributed by atoms with Crippen LogP contribution >= 0.6 is 0 Å². The highest BCUT2D eigenvalue weighted by atomic mass is 19.3. The Hall–Kier alpha value is -3.17. The Labute approximate surface area is 177 Å². The monoisotopic (exact) mass is 441 g/mol. The van der Waals surface area contributed by atoms with Gasteiger partial charge < -0.3 is 15.4 Å². The second-order valence-corrected chi connectivity index (χ2v) is 7.26. The number of alkyl halides is 4. The number of pyridine rings is 1. The average molecular weight is 441 g/mol. The molecule has 2 rings (SSSR count). The number of nitrogens with one attached hydrogen (secondary N) is 2. The number of rotatable bonds is 8. The minimum Gasteiger partial charge on any atom is -0.428 e. The molecule has 1 heterocycles. The lowest BCUT2D eigenvalue weighted by Crippen LogP contribution is -2.33. The fourth-order valence-electron chi connectivity index (χ4n) is 2.52. The minimum absolute atomic E-state index is 0.238. The molecule has 0 spiro atoms. The fourth-order valence-corrected chi connectivity index (χ4v) is 2.52. The van der Waals surface area contributed by atoms with Gasteiger partial charge >= 0.3 is 12.5 Å². The number of carbonyl (C=O) groups is 2. The molecule has 0 radical (unpaired) electrons. The SMILES string of the molecule is Cc1cc(C(=O)NC(C)c2ccc(OC(F)(F)C(F)F)cc2)cc(NC(=O)C(C)C)n1. The maximum Gasteiger partial charge on any atom is 0.461 e. The van der Waals surface area contributed by atoms with Gasteiger partial charge in [-0.25, -0.2) is 4.98 Å². The summed E-state index contributed by atoms with van der Waals surface area (Å²) < 4.78 is 54.4. The molecule has 10 heteroatoms. The molecular formula is C21H23F4N3O3. The van der Waals surface area contributed by atoms with Crippen LogP contribution in [0.2, 0.25) is 0 Å². The van der Waals surface area contributed by atoms with Gasteiger partial charge in [0.1, 0.15) is 11.6 Å². The zero-order chi connectivity index (χ0) is 23.3. The van der Waals surface area contributed by atoms with Crippen molar-refractivity contribution < 1.29 is 31.9 Å². The highest BCUT2D eigenvalue weighted by molar-refractivity contribution is 5.97. The normalized spacial score (nSPS) is 12.6. The second kappa shape index (κ2) is 9.76. The maximum absolute atomic E-state index is 13.0. The molecule has 6 nitrogen and oxygen atoms in total. The Kier molecular flexibility index (Phi) is 7.59. The molecule has 0 bridgehead atoms. The van der Waals surface area contributed by atoms with Crippen molar-refractivity contribution in [3.05, 3.63) is 53.2 Å². The van der Waals surface area contributed by atoms with E-state index in [2.05, 4.69) is 20.4 Å². The summed E-state index contributed by atoms with van der Waals surface area (Å²) in [6.45, 7) is 6.80. The first-order valence-corrected chi connectivity index (χ1v) is 9.44. The molecule has 2 N–H and O–H groups in total. The summed E-state index contributed by atoms with van der Waals surface area (Å²) >= 11 is 0. The molecule has 0 aliphatic carbocycles. The summed E-state index contributed by atoms with van der Waals surface area (Å²) in [4.78, 5) is 28.7. The first-order chi connectivity index (χ1) is 14.4. The van der Waals surface area contributed by atoms with Crippen molar-refractivity contribution >= 4 is 17.6 Å². The van der Waals surface area contributed by atoms with Crippen LogP contribution in [0.3, 0.4) is 0 Å². The topological polar surface area (TPSA) is 80.3 Å². The third-order valence-electron chi connectivity index (χ3n) is 4.23. The van der Waals surface area contributed by atoms with Crippen molar-refractivity contribution in [2.45, 2.75) is 46.3 Å². The molecule has 31 heavy (non-hydrogen) atoms. The zero-order valence-corrected chi connectivity index (χ0v) is 17.4. The van der Waals surface area contributed by atoms with Gasteiger partial charge in [-0.2, -0.15) is 17.6 Å². The van der Waals surface area contributed by atoms with E-state index in [0.717, 1.165) is 12.1 Å². The predicted octanol–water partition coefficient (Wildman–Crippen LogP) is 4.71. The molecule has 1 aromatic carbocycles. The number of anilines is 1. The summed E-state index contributed by atoms with van der Waals surface area (Å²) in [6.07, 6.45) is -8.55. The van der Waals surface area contributed by atoms with Gasteiger partial charge in [0, 0.05) is 17.2 Å². The van der Waals surface area contributed by atoms with Crippen LogP contribution < -0.4 is 15.4 Å². The van der Waals surface area contributed by atoms with E-state index in [1.54, 1.807) is 33.8 Å². The Morgan fingerprint density at radius 1 is 1.06 bits per heavy atom. The van der Waals surface area contributed by atoms with E-state index < -0.39 is 30.2 Å². The van der Waals surface area contributed by atoms with E-state index in [0.29, 0.717) is 11.3 Å². The van der Waals surface area contributed by atoms with Gasteiger partial charge in [0.2, 0.25) is 5.91 Å². The Morgan fingerprint density at radius 3 is 2.23 bits per heavy atom. The van der Waals surface area contributed by atoms with E-state index in [9.17, 15) is 27.2 Å². The number of aromatic nitrogens is 1. The van der Waals surface area contributed by atoms with E-state index in [4.69, 9.17) is 0 Å². The molecule has 1 unspecified atom stereocenters. The van der Waals surface area contributed by atoms with Gasteiger partial charge in [0.25, 0.3) is 5.91 Å². The molecular weight excluding hydrogens is 418 g/mol. The number of hydrogen-bond acceptors (Lipinski definition) is 4. The zero-order valence-electron chi connectivity index (χ0n) is 17.4. The summed E-state index contributed by atoms with van der Waals surface area (Å²) in [7, 11) is 0. The molecule has 2 amide bonds. The van der Waals surface area contributed by atoms with Gasteiger partial charge in [0.05, 0.1) is 6.04 Å². The first-order valence-electron chi connectivity index (χ1n) is 9.44. The fraction of sp³-hybridized carbons (Fsp3) is 0.381. The number of amides is 2. The molecule has 168 valence electrons. The van der Waals surface area contributed by atoms with Gasteiger partial charge in [-0.05, 0) is 43.7 Å². The number of benzene rings is 1. The van der Waals surface area contributed by atoms with Gasteiger partial charge in [-0.3, -0.25) is 9.59 Å². The standard InChI is InChI=1S/C21H23F4N3O3/c1-11(2)18(29)28-17-10-15(9-12(3)26-17)19(30)27-13(4)14-5-7-16(8-6-14)31-21(24,25)20(22)23/h5-11,13,20H,1-4H3,(H,27,30)(H,26,28,29). The Morgan fingerprint density at radius 2 is 1.68 bits per heavy atom. The Balaban J connectivity index is 2.08. The number of aryl methyl sites for hydroxylation is 1. The number of hydrogen-bond donors (Lipinski definition) is 2. The van der Waals surface area contributed by atoms with Crippen LogP contribution in [0, 0.1) is 12.8 Å². The van der Waals surface area contributed by atoms with Crippen molar-refractivity contribution in [1.29, 1.82) is 0 Å². The van der Waals surface area contributed by atoms with Crippen LogP contribution in [0.5, 0.6) is 5.75 Å². The molecule has 0 fully saturated rings. The lowest BCUT2D eigenvalue weighted by atomic mass is 10.1. The smallest absolute Gasteiger partial charge is 0.428 e. The van der Waals surface area contributed by atoms with Gasteiger partial charge in [-0.1, -0.05) is 26.0 Å². The Bertz CT molecular complexity index is 934. The number of halogens is 4. The van der Waals surface area contributed by atoms with Crippen molar-refractivity contribution in [3.63, 3.8) is 0 Å². The van der Waals surface area contributed by atoms with Crippen LogP contribution in [0.15, 0.2) is 36.4 Å². The molecule has 0 aliphatic heterocycles. The third-order valence-corrected chi connectivity index (χ3v) is 4.23. The van der Waals surface area contributed by atoms with Gasteiger partial charge in [-0.15, -0.1) is 0 Å². The summed E-state index contributed by atoms with van der Waals surface area (Å²) in [5, 5.41) is 5.38. The van der Waals surface area contributed by atoms with Crippen molar-refractivity contribution in [1.82, 2.24) is 10.3 Å². The highest BCUT2D eigenvalue weighted by Crippen LogP contribution is 2.28. The molecule has 0 saturated heterocycles. The van der Waals surface area contributed by atoms with Crippen molar-refractivity contribution in [2.75, 3.05) is 5.32 Å². The van der Waals surface area contributed by atoms with Crippen LogP contribution in [0.1, 0.15) is 48.4 Å². The molecule has 0 aliphatic rings. The minimum atomic E-state index is -4.59. The number of ether oxygens (including phenoxy) is 1. The van der Waals surface area contributed by atoms with Crippen LogP contribution in [0.25, 0.3) is 0 Å². The predicted molar refractivity (Wildman–Crippen MR) is 106 cm³/mol. The highest BCUT2D eigenvalue weighted by Gasteiger charge is 2.43. The first kappa shape index (κ1) is 24.1. The van der Waals surface area contributed by atoms with E-state index in [1.807, 2.05) is 0 Å². The maximum atomic E-state index is 13.0. The molecule has 1 atom stereocenters. The quantitative estimate of drug-likeness (QED) is 0.582. The van der Waals surface area contributed by atoms with E-state index in [1.165, 1.54) is 18.2 Å². The molecule has 2 aromatic rings. The number of nitrogens with zero attached hydrogens (tertiary/aromatic N) is 1. The van der Waals surface area contributed by atoms with Gasteiger partial charge in [0.15, 0.2) is 0 Å². The summed E-state index contributed by atoms with van der Waals surface area (Å²) in [5.74, 6) is -1.12. The van der Waals surface area contributed by atoms with Crippen LogP contribution in [-0.2, 0) is 4.79 Å². The number of carbonyl (C=O) groups excluding carboxylic acids is 2. The lowest BCUT2D eigenvalue weighted by Gasteiger charge is -2.18. The largest absolute Gasteiger partial charge is 0.461 e. The second-order valence-electron chi connectivity index (χ2n) is 7.26. The molecule has 0 saturated carbocycles. The van der Waals surface area contributed by atoms with Crippen molar-refractivity contribution in [3.8, 4) is 5.75 Å². The summed E-state index contributed by atoms with van der Waals surface area (Å²) in [6, 6.07) is 7.46. The van der Waals surface area contributed by atoms with E-state index in [-0.39, 0.29) is 23.2 Å². The third kappa shape index (κ3) is 6.66. The molecule has 1 aromatic heterocycles. The van der Waals surface area contributed by atoms with Crippen LogP contribution in [0.4, 0.5) is 23.4 Å². The van der Waals surface area contributed by atoms with Crippen molar-refractivity contribution in [2.24, 2.45) is 5.92 Å².